The van der Waals surface area contributed by atoms with Gasteiger partial charge in [-0.3, -0.25) is 4.79 Å². The Balaban J connectivity index is 1.28. The first-order valence-corrected chi connectivity index (χ1v) is 11.3. The van der Waals surface area contributed by atoms with Crippen molar-refractivity contribution >= 4 is 17.7 Å². The zero-order valence-electron chi connectivity index (χ0n) is 15.7. The second-order valence-corrected chi connectivity index (χ2v) is 10.5. The van der Waals surface area contributed by atoms with Crippen molar-refractivity contribution in [1.29, 1.82) is 0 Å². The third kappa shape index (κ3) is 2.98. The van der Waals surface area contributed by atoms with E-state index >= 15 is 0 Å². The molecular formula is C20H29N3O2S. The van der Waals surface area contributed by atoms with Crippen LogP contribution in [0.1, 0.15) is 70.6 Å². The molecule has 4 saturated carbocycles. The number of amides is 1. The van der Waals surface area contributed by atoms with Gasteiger partial charge < -0.3 is 9.32 Å². The van der Waals surface area contributed by atoms with Gasteiger partial charge in [-0.05, 0) is 82.5 Å². The monoisotopic (exact) mass is 375 g/mol. The summed E-state index contributed by atoms with van der Waals surface area (Å²) in [5.41, 5.74) is 0.140. The summed E-state index contributed by atoms with van der Waals surface area (Å²) in [6.07, 6.45) is 11.4. The molecule has 1 atom stereocenters. The second-order valence-electron chi connectivity index (χ2n) is 9.22. The summed E-state index contributed by atoms with van der Waals surface area (Å²) in [5, 5.41) is 9.21. The summed E-state index contributed by atoms with van der Waals surface area (Å²) in [7, 11) is 0. The van der Waals surface area contributed by atoms with E-state index in [1.54, 1.807) is 0 Å². The standard InChI is InChI=1S/C20H29N3O2S/c1-13(17(24)23-5-3-2-4-6-23)26-19-22-21-18(25-19)20-10-14-7-15(11-20)9-16(8-14)12-20/h13-16H,2-12H2,1H3/t13-,14?,15?,16?,20?/m1/s1. The van der Waals surface area contributed by atoms with E-state index in [2.05, 4.69) is 10.2 Å². The van der Waals surface area contributed by atoms with Crippen molar-refractivity contribution in [1.82, 2.24) is 15.1 Å². The van der Waals surface area contributed by atoms with Gasteiger partial charge in [0.2, 0.25) is 11.8 Å². The fourth-order valence-electron chi connectivity index (χ4n) is 6.42. The number of piperidine rings is 1. The van der Waals surface area contributed by atoms with Crippen LogP contribution < -0.4 is 0 Å². The first-order valence-electron chi connectivity index (χ1n) is 10.4. The molecule has 0 unspecified atom stereocenters. The van der Waals surface area contributed by atoms with E-state index in [4.69, 9.17) is 4.42 Å². The number of hydrogen-bond donors (Lipinski definition) is 0. The summed E-state index contributed by atoms with van der Waals surface area (Å²) < 4.78 is 6.15. The van der Waals surface area contributed by atoms with E-state index in [1.165, 1.54) is 56.7 Å². The van der Waals surface area contributed by atoms with Gasteiger partial charge in [-0.25, -0.2) is 0 Å². The smallest absolute Gasteiger partial charge is 0.277 e. The average molecular weight is 376 g/mol. The fraction of sp³-hybridized carbons (Fsp3) is 0.850. The van der Waals surface area contributed by atoms with Gasteiger partial charge in [0.25, 0.3) is 5.22 Å². The number of carbonyl (C=O) groups is 1. The summed E-state index contributed by atoms with van der Waals surface area (Å²) in [5.74, 6) is 3.66. The topological polar surface area (TPSA) is 59.2 Å². The van der Waals surface area contributed by atoms with Crippen molar-refractivity contribution in [2.45, 2.75) is 80.6 Å². The van der Waals surface area contributed by atoms with Crippen LogP contribution >= 0.6 is 11.8 Å². The zero-order valence-corrected chi connectivity index (χ0v) is 16.5. The van der Waals surface area contributed by atoms with Crippen LogP contribution in [0.25, 0.3) is 0 Å². The van der Waals surface area contributed by atoms with E-state index in [0.717, 1.165) is 49.6 Å². The molecule has 0 aromatic carbocycles. The molecule has 5 nitrogen and oxygen atoms in total. The van der Waals surface area contributed by atoms with Crippen LogP contribution in [0.4, 0.5) is 0 Å². The lowest BCUT2D eigenvalue weighted by Crippen LogP contribution is -2.48. The second kappa shape index (κ2) is 6.54. The molecule has 26 heavy (non-hydrogen) atoms. The Hall–Kier alpha value is -1.04. The van der Waals surface area contributed by atoms with Gasteiger partial charge in [0.05, 0.1) is 5.25 Å². The Morgan fingerprint density at radius 3 is 2.31 bits per heavy atom. The quantitative estimate of drug-likeness (QED) is 0.744. The highest BCUT2D eigenvalue weighted by Gasteiger charge is 2.54. The number of likely N-dealkylation sites (tertiary alicyclic amines) is 1. The molecule has 1 aromatic rings. The van der Waals surface area contributed by atoms with E-state index in [-0.39, 0.29) is 16.6 Å². The van der Waals surface area contributed by atoms with Crippen molar-refractivity contribution in [2.75, 3.05) is 13.1 Å². The molecule has 0 spiro atoms. The van der Waals surface area contributed by atoms with Crippen LogP contribution in [0, 0.1) is 17.8 Å². The Bertz CT molecular complexity index is 647. The van der Waals surface area contributed by atoms with Crippen molar-refractivity contribution < 1.29 is 9.21 Å². The molecule has 1 saturated heterocycles. The molecule has 1 amide bonds. The van der Waals surface area contributed by atoms with Crippen LogP contribution in [-0.2, 0) is 10.2 Å². The lowest BCUT2D eigenvalue weighted by molar-refractivity contribution is -0.131. The molecular weight excluding hydrogens is 346 g/mol. The molecule has 6 heteroatoms. The van der Waals surface area contributed by atoms with Crippen molar-refractivity contribution in [3.05, 3.63) is 5.89 Å². The van der Waals surface area contributed by atoms with E-state index in [9.17, 15) is 4.79 Å². The molecule has 5 fully saturated rings. The normalized spacial score (nSPS) is 37.1. The number of nitrogens with zero attached hydrogens (tertiary/aromatic N) is 3. The third-order valence-electron chi connectivity index (χ3n) is 7.19. The Morgan fingerprint density at radius 2 is 1.69 bits per heavy atom. The van der Waals surface area contributed by atoms with E-state index < -0.39 is 0 Å². The molecule has 1 aromatic heterocycles. The first kappa shape index (κ1) is 17.1. The zero-order chi connectivity index (χ0) is 17.7. The van der Waals surface area contributed by atoms with E-state index in [1.807, 2.05) is 11.8 Å². The van der Waals surface area contributed by atoms with Crippen molar-refractivity contribution in [2.24, 2.45) is 17.8 Å². The number of hydrogen-bond acceptors (Lipinski definition) is 5. The van der Waals surface area contributed by atoms with E-state index in [0.29, 0.717) is 5.22 Å². The maximum Gasteiger partial charge on any atom is 0.277 e. The van der Waals surface area contributed by atoms with Gasteiger partial charge in [0.1, 0.15) is 0 Å². The maximum atomic E-state index is 12.6. The minimum Gasteiger partial charge on any atom is -0.415 e. The Labute approximate surface area is 159 Å². The van der Waals surface area contributed by atoms with Crippen LogP contribution in [-0.4, -0.2) is 39.3 Å². The number of aromatic nitrogens is 2. The van der Waals surface area contributed by atoms with Gasteiger partial charge in [-0.15, -0.1) is 10.2 Å². The minimum atomic E-state index is -0.155. The first-order chi connectivity index (χ1) is 12.6. The van der Waals surface area contributed by atoms with Crippen LogP contribution in [0.2, 0.25) is 0 Å². The highest BCUT2D eigenvalue weighted by atomic mass is 32.2. The minimum absolute atomic E-state index is 0.140. The van der Waals surface area contributed by atoms with Gasteiger partial charge >= 0.3 is 0 Å². The third-order valence-corrected chi connectivity index (χ3v) is 8.11. The summed E-state index contributed by atoms with van der Waals surface area (Å²) in [6.45, 7) is 3.76. The Morgan fingerprint density at radius 1 is 1.08 bits per heavy atom. The fourth-order valence-corrected chi connectivity index (χ4v) is 7.18. The highest BCUT2D eigenvalue weighted by molar-refractivity contribution is 8.00. The average Bonchev–Trinajstić information content (AvgIpc) is 3.10. The van der Waals surface area contributed by atoms with Crippen LogP contribution in [0.5, 0.6) is 0 Å². The van der Waals surface area contributed by atoms with Crippen molar-refractivity contribution in [3.8, 4) is 0 Å². The number of rotatable bonds is 4. The van der Waals surface area contributed by atoms with Gasteiger partial charge in [0.15, 0.2) is 0 Å². The molecule has 4 aliphatic carbocycles. The lowest BCUT2D eigenvalue weighted by Gasteiger charge is -2.55. The summed E-state index contributed by atoms with van der Waals surface area (Å²) in [6, 6.07) is 0. The molecule has 6 rings (SSSR count). The molecule has 2 heterocycles. The van der Waals surface area contributed by atoms with Crippen LogP contribution in [0.15, 0.2) is 9.64 Å². The van der Waals surface area contributed by atoms with Gasteiger partial charge in [-0.2, -0.15) is 0 Å². The lowest BCUT2D eigenvalue weighted by atomic mass is 9.49. The molecule has 0 N–H and O–H groups in total. The molecule has 0 radical (unpaired) electrons. The molecule has 5 aliphatic rings. The predicted octanol–water partition coefficient (Wildman–Crippen LogP) is 4.03. The summed E-state index contributed by atoms with van der Waals surface area (Å²) >= 11 is 1.44. The Kier molecular flexibility index (Phi) is 4.29. The molecule has 1 aliphatic heterocycles. The largest absolute Gasteiger partial charge is 0.415 e. The molecule has 142 valence electrons. The summed E-state index contributed by atoms with van der Waals surface area (Å²) in [4.78, 5) is 14.6. The molecule has 4 bridgehead atoms. The number of thioether (sulfide) groups is 1. The van der Waals surface area contributed by atoms with Gasteiger partial charge in [0, 0.05) is 18.5 Å². The van der Waals surface area contributed by atoms with Gasteiger partial charge in [-0.1, -0.05) is 11.8 Å². The van der Waals surface area contributed by atoms with Crippen LogP contribution in [0.3, 0.4) is 0 Å². The predicted molar refractivity (Wildman–Crippen MR) is 99.9 cm³/mol. The highest BCUT2D eigenvalue weighted by Crippen LogP contribution is 2.60. The maximum absolute atomic E-state index is 12.6. The number of carbonyl (C=O) groups excluding carboxylic acids is 1. The van der Waals surface area contributed by atoms with Crippen molar-refractivity contribution in [3.63, 3.8) is 0 Å². The SMILES string of the molecule is C[C@@H](Sc1nnc(C23CC4CC(CC(C4)C2)C3)o1)C(=O)N1CCCCC1.